The molecule has 144 valence electrons. The average molecular weight is 367 g/mol. The van der Waals surface area contributed by atoms with Crippen molar-refractivity contribution >= 4 is 11.7 Å². The highest BCUT2D eigenvalue weighted by Crippen LogP contribution is 2.21. The molecule has 2 N–H and O–H groups in total. The Morgan fingerprint density at radius 2 is 1.89 bits per heavy atom. The van der Waals surface area contributed by atoms with Gasteiger partial charge in [-0.2, -0.15) is 0 Å². The van der Waals surface area contributed by atoms with Gasteiger partial charge in [0.05, 0.1) is 0 Å². The molecule has 1 aromatic heterocycles. The van der Waals surface area contributed by atoms with E-state index in [4.69, 9.17) is 5.73 Å². The van der Waals surface area contributed by atoms with Crippen LogP contribution in [-0.4, -0.2) is 53.4 Å². The molecule has 2 aromatic rings. The van der Waals surface area contributed by atoms with Crippen molar-refractivity contribution in [2.45, 2.75) is 32.6 Å². The van der Waals surface area contributed by atoms with Gasteiger partial charge in [-0.1, -0.05) is 25.0 Å². The van der Waals surface area contributed by atoms with Crippen LogP contribution in [0.3, 0.4) is 0 Å². The summed E-state index contributed by atoms with van der Waals surface area (Å²) in [5, 5.41) is 0. The van der Waals surface area contributed by atoms with Crippen molar-refractivity contribution in [3.63, 3.8) is 0 Å². The van der Waals surface area contributed by atoms with Crippen LogP contribution >= 0.6 is 0 Å². The average Bonchev–Trinajstić information content (AvgIpc) is 2.98. The Morgan fingerprint density at radius 1 is 1.11 bits per heavy atom. The summed E-state index contributed by atoms with van der Waals surface area (Å²) in [6, 6.07) is 11.5. The third kappa shape index (κ3) is 5.30. The van der Waals surface area contributed by atoms with Crippen molar-refractivity contribution < 1.29 is 4.79 Å². The molecule has 0 aliphatic carbocycles. The Morgan fingerprint density at radius 3 is 2.56 bits per heavy atom. The van der Waals surface area contributed by atoms with Crippen LogP contribution in [0.5, 0.6) is 0 Å². The van der Waals surface area contributed by atoms with Gasteiger partial charge in [0.2, 0.25) is 0 Å². The molecular formula is C22H30N4O. The first-order valence-electron chi connectivity index (χ1n) is 10.0. The Hall–Kier alpha value is -2.40. The largest absolute Gasteiger partial charge is 0.384 e. The van der Waals surface area contributed by atoms with Crippen LogP contribution in [0.1, 0.15) is 43.0 Å². The molecule has 0 atom stereocenters. The molecule has 0 bridgehead atoms. The third-order valence-electron chi connectivity index (χ3n) is 5.28. The number of hydrogen-bond acceptors (Lipinski definition) is 4. The van der Waals surface area contributed by atoms with Crippen LogP contribution in [0.15, 0.2) is 42.6 Å². The molecule has 0 unspecified atom stereocenters. The number of nitrogens with zero attached hydrogens (tertiary/aromatic N) is 3. The number of amides is 1. The number of carbonyl (C=O) groups excluding carboxylic acids is 1. The predicted octanol–water partition coefficient (Wildman–Crippen LogP) is 3.67. The quantitative estimate of drug-likeness (QED) is 0.847. The van der Waals surface area contributed by atoms with E-state index in [0.29, 0.717) is 5.82 Å². The second kappa shape index (κ2) is 9.51. The van der Waals surface area contributed by atoms with Crippen molar-refractivity contribution in [3.05, 3.63) is 48.2 Å². The van der Waals surface area contributed by atoms with Crippen LogP contribution in [-0.2, 0) is 0 Å². The van der Waals surface area contributed by atoms with Crippen LogP contribution in [0, 0.1) is 0 Å². The first kappa shape index (κ1) is 19.4. The number of nitrogen functional groups attached to an aromatic ring is 1. The monoisotopic (exact) mass is 366 g/mol. The fraction of sp³-hybridized carbons (Fsp3) is 0.455. The molecular weight excluding hydrogens is 336 g/mol. The maximum absolute atomic E-state index is 13.0. The van der Waals surface area contributed by atoms with Crippen LogP contribution in [0.25, 0.3) is 11.1 Å². The van der Waals surface area contributed by atoms with E-state index in [1.807, 2.05) is 42.2 Å². The lowest BCUT2D eigenvalue weighted by atomic mass is 10.0. The topological polar surface area (TPSA) is 62.5 Å². The molecule has 0 spiro atoms. The van der Waals surface area contributed by atoms with Crippen LogP contribution < -0.4 is 5.73 Å². The van der Waals surface area contributed by atoms with Gasteiger partial charge in [0.1, 0.15) is 5.82 Å². The Bertz CT molecular complexity index is 736. The smallest absolute Gasteiger partial charge is 0.253 e. The number of benzene rings is 1. The standard InChI is InChI=1S/C22H30N4O/c1-2-26(15-14-25-12-5-3-4-6-13-25)22(27)19-9-7-8-18(16-19)20-10-11-21(23)24-17-20/h7-11,16-17H,2-6,12-15H2,1H3,(H2,23,24). The predicted molar refractivity (Wildman–Crippen MR) is 111 cm³/mol. The zero-order chi connectivity index (χ0) is 19.1. The number of nitrogens with two attached hydrogens (primary N) is 1. The number of aromatic nitrogens is 1. The Balaban J connectivity index is 1.67. The molecule has 1 aromatic carbocycles. The fourth-order valence-corrected chi connectivity index (χ4v) is 3.62. The zero-order valence-corrected chi connectivity index (χ0v) is 16.2. The highest BCUT2D eigenvalue weighted by Gasteiger charge is 2.17. The number of likely N-dealkylation sites (tertiary alicyclic amines) is 1. The molecule has 3 rings (SSSR count). The highest BCUT2D eigenvalue weighted by molar-refractivity contribution is 5.95. The second-order valence-electron chi connectivity index (χ2n) is 7.19. The summed E-state index contributed by atoms with van der Waals surface area (Å²) < 4.78 is 0. The lowest BCUT2D eigenvalue weighted by Gasteiger charge is -2.26. The summed E-state index contributed by atoms with van der Waals surface area (Å²) >= 11 is 0. The molecule has 1 aliphatic heterocycles. The minimum atomic E-state index is 0.0950. The van der Waals surface area contributed by atoms with E-state index in [1.54, 1.807) is 12.3 Å². The minimum absolute atomic E-state index is 0.0950. The summed E-state index contributed by atoms with van der Waals surface area (Å²) in [7, 11) is 0. The highest BCUT2D eigenvalue weighted by atomic mass is 16.2. The van der Waals surface area contributed by atoms with Gasteiger partial charge in [-0.05, 0) is 62.7 Å². The molecule has 1 fully saturated rings. The maximum atomic E-state index is 13.0. The van der Waals surface area contributed by atoms with E-state index >= 15 is 0 Å². The van der Waals surface area contributed by atoms with E-state index in [0.717, 1.165) is 49.4 Å². The van der Waals surface area contributed by atoms with E-state index in [-0.39, 0.29) is 5.91 Å². The number of likely N-dealkylation sites (N-methyl/N-ethyl adjacent to an activating group) is 1. The molecule has 5 nitrogen and oxygen atoms in total. The third-order valence-corrected chi connectivity index (χ3v) is 5.28. The molecule has 0 radical (unpaired) electrons. The van der Waals surface area contributed by atoms with Gasteiger partial charge in [-0.15, -0.1) is 0 Å². The fourth-order valence-electron chi connectivity index (χ4n) is 3.62. The van der Waals surface area contributed by atoms with Gasteiger partial charge in [-0.3, -0.25) is 4.79 Å². The van der Waals surface area contributed by atoms with Crippen molar-refractivity contribution in [2.24, 2.45) is 0 Å². The van der Waals surface area contributed by atoms with E-state index < -0.39 is 0 Å². The van der Waals surface area contributed by atoms with Crippen molar-refractivity contribution in [1.29, 1.82) is 0 Å². The maximum Gasteiger partial charge on any atom is 0.253 e. The first-order chi connectivity index (χ1) is 13.2. The van der Waals surface area contributed by atoms with Crippen molar-refractivity contribution in [2.75, 3.05) is 38.5 Å². The second-order valence-corrected chi connectivity index (χ2v) is 7.19. The number of rotatable bonds is 6. The lowest BCUT2D eigenvalue weighted by Crippen LogP contribution is -2.39. The minimum Gasteiger partial charge on any atom is -0.384 e. The normalized spacial score (nSPS) is 15.3. The summed E-state index contributed by atoms with van der Waals surface area (Å²) in [6.45, 7) is 6.83. The molecule has 0 saturated carbocycles. The van der Waals surface area contributed by atoms with Gasteiger partial charge in [0, 0.05) is 37.0 Å². The lowest BCUT2D eigenvalue weighted by molar-refractivity contribution is 0.0745. The van der Waals surface area contributed by atoms with E-state index in [1.165, 1.54) is 25.7 Å². The van der Waals surface area contributed by atoms with Crippen LogP contribution in [0.4, 0.5) is 5.82 Å². The molecule has 1 amide bonds. The molecule has 2 heterocycles. The Labute approximate surface area is 162 Å². The molecule has 1 aliphatic rings. The summed E-state index contributed by atoms with van der Waals surface area (Å²) in [6.07, 6.45) is 6.96. The van der Waals surface area contributed by atoms with Gasteiger partial charge >= 0.3 is 0 Å². The van der Waals surface area contributed by atoms with Gasteiger partial charge in [-0.25, -0.2) is 4.98 Å². The number of pyridine rings is 1. The molecule has 1 saturated heterocycles. The number of carbonyl (C=O) groups is 1. The first-order valence-corrected chi connectivity index (χ1v) is 10.0. The van der Waals surface area contributed by atoms with Gasteiger partial charge in [0.25, 0.3) is 5.91 Å². The molecule has 5 heteroatoms. The van der Waals surface area contributed by atoms with Gasteiger partial charge < -0.3 is 15.5 Å². The van der Waals surface area contributed by atoms with Crippen molar-refractivity contribution in [3.8, 4) is 11.1 Å². The van der Waals surface area contributed by atoms with E-state index in [2.05, 4.69) is 9.88 Å². The zero-order valence-electron chi connectivity index (χ0n) is 16.2. The van der Waals surface area contributed by atoms with Crippen molar-refractivity contribution in [1.82, 2.24) is 14.8 Å². The van der Waals surface area contributed by atoms with Crippen LogP contribution in [0.2, 0.25) is 0 Å². The summed E-state index contributed by atoms with van der Waals surface area (Å²) in [5.41, 5.74) is 8.34. The summed E-state index contributed by atoms with van der Waals surface area (Å²) in [4.78, 5) is 21.6. The summed E-state index contributed by atoms with van der Waals surface area (Å²) in [5.74, 6) is 0.592. The van der Waals surface area contributed by atoms with Gasteiger partial charge in [0.15, 0.2) is 0 Å². The number of hydrogen-bond donors (Lipinski definition) is 1. The number of anilines is 1. The molecule has 27 heavy (non-hydrogen) atoms. The SMILES string of the molecule is CCN(CCN1CCCCCC1)C(=O)c1cccc(-c2ccc(N)nc2)c1. The Kier molecular flexibility index (Phi) is 6.82. The van der Waals surface area contributed by atoms with E-state index in [9.17, 15) is 4.79 Å².